The van der Waals surface area contributed by atoms with Gasteiger partial charge in [0.05, 0.1) is 5.41 Å². The number of rotatable bonds is 6. The fourth-order valence-corrected chi connectivity index (χ4v) is 2.13. The third-order valence-corrected chi connectivity index (χ3v) is 4.06. The average molecular weight is 277 g/mol. The first-order valence-corrected chi connectivity index (χ1v) is 6.57. The smallest absolute Gasteiger partial charge is 0.311 e. The Balaban J connectivity index is 2.08. The number of hydrogen-bond acceptors (Lipinski definition) is 3. The lowest BCUT2D eigenvalue weighted by Crippen LogP contribution is -2.46. The second-order valence-corrected chi connectivity index (χ2v) is 5.37. The molecule has 1 saturated carbocycles. The summed E-state index contributed by atoms with van der Waals surface area (Å²) in [6, 6.07) is 9.15. The SMILES string of the molecule is COC(C)(C(=O)NCC1(C(=O)O)CC1)c1ccccc1. The molecule has 5 nitrogen and oxygen atoms in total. The minimum Gasteiger partial charge on any atom is -0.481 e. The van der Waals surface area contributed by atoms with Crippen molar-refractivity contribution in [3.63, 3.8) is 0 Å². The van der Waals surface area contributed by atoms with Crippen molar-refractivity contribution < 1.29 is 19.4 Å². The highest BCUT2D eigenvalue weighted by Gasteiger charge is 2.51. The van der Waals surface area contributed by atoms with Crippen LogP contribution in [0.2, 0.25) is 0 Å². The van der Waals surface area contributed by atoms with Crippen LogP contribution in [0.4, 0.5) is 0 Å². The van der Waals surface area contributed by atoms with E-state index < -0.39 is 17.0 Å². The second-order valence-electron chi connectivity index (χ2n) is 5.37. The van der Waals surface area contributed by atoms with Gasteiger partial charge in [0.25, 0.3) is 5.91 Å². The number of amides is 1. The number of aliphatic carboxylic acids is 1. The largest absolute Gasteiger partial charge is 0.481 e. The van der Waals surface area contributed by atoms with Gasteiger partial charge in [0.1, 0.15) is 0 Å². The molecule has 1 amide bonds. The number of ether oxygens (including phenoxy) is 1. The van der Waals surface area contributed by atoms with Gasteiger partial charge in [-0.25, -0.2) is 0 Å². The molecule has 0 bridgehead atoms. The molecule has 5 heteroatoms. The van der Waals surface area contributed by atoms with Gasteiger partial charge in [0, 0.05) is 13.7 Å². The quantitative estimate of drug-likeness (QED) is 0.827. The Kier molecular flexibility index (Phi) is 3.81. The number of carbonyl (C=O) groups excluding carboxylic acids is 1. The number of methoxy groups -OCH3 is 1. The van der Waals surface area contributed by atoms with Crippen LogP contribution in [-0.2, 0) is 19.9 Å². The summed E-state index contributed by atoms with van der Waals surface area (Å²) in [6.45, 7) is 1.82. The predicted molar refractivity (Wildman–Crippen MR) is 73.1 cm³/mol. The monoisotopic (exact) mass is 277 g/mol. The van der Waals surface area contributed by atoms with E-state index in [4.69, 9.17) is 9.84 Å². The molecule has 0 heterocycles. The molecule has 0 aliphatic heterocycles. The van der Waals surface area contributed by atoms with E-state index in [0.717, 1.165) is 5.56 Å². The Morgan fingerprint density at radius 2 is 1.95 bits per heavy atom. The third kappa shape index (κ3) is 2.54. The molecule has 108 valence electrons. The van der Waals surface area contributed by atoms with E-state index in [2.05, 4.69) is 5.32 Å². The molecule has 1 aliphatic carbocycles. The van der Waals surface area contributed by atoms with Crippen molar-refractivity contribution in [3.05, 3.63) is 35.9 Å². The molecule has 2 rings (SSSR count). The Morgan fingerprint density at radius 1 is 1.35 bits per heavy atom. The topological polar surface area (TPSA) is 75.6 Å². The van der Waals surface area contributed by atoms with Crippen molar-refractivity contribution in [3.8, 4) is 0 Å². The Morgan fingerprint density at radius 3 is 2.40 bits per heavy atom. The van der Waals surface area contributed by atoms with Crippen LogP contribution in [0.1, 0.15) is 25.3 Å². The van der Waals surface area contributed by atoms with Gasteiger partial charge in [-0.1, -0.05) is 30.3 Å². The molecule has 0 aromatic heterocycles. The highest BCUT2D eigenvalue weighted by atomic mass is 16.5. The molecule has 20 heavy (non-hydrogen) atoms. The second kappa shape index (κ2) is 5.25. The zero-order valence-electron chi connectivity index (χ0n) is 11.7. The lowest BCUT2D eigenvalue weighted by Gasteiger charge is -2.28. The van der Waals surface area contributed by atoms with E-state index in [1.54, 1.807) is 6.92 Å². The van der Waals surface area contributed by atoms with Crippen molar-refractivity contribution in [2.45, 2.75) is 25.4 Å². The van der Waals surface area contributed by atoms with Gasteiger partial charge in [-0.3, -0.25) is 9.59 Å². The van der Waals surface area contributed by atoms with Crippen LogP contribution in [0.5, 0.6) is 0 Å². The molecule has 1 aliphatic rings. The Hall–Kier alpha value is -1.88. The summed E-state index contributed by atoms with van der Waals surface area (Å²) in [5.41, 5.74) is -1.16. The van der Waals surface area contributed by atoms with Crippen LogP contribution in [0.15, 0.2) is 30.3 Å². The fourth-order valence-electron chi connectivity index (χ4n) is 2.13. The molecule has 1 aromatic carbocycles. The molecule has 1 fully saturated rings. The number of nitrogens with one attached hydrogen (secondary N) is 1. The van der Waals surface area contributed by atoms with E-state index in [0.29, 0.717) is 12.8 Å². The molecular formula is C15H19NO4. The van der Waals surface area contributed by atoms with Crippen molar-refractivity contribution in [1.29, 1.82) is 0 Å². The minimum absolute atomic E-state index is 0.146. The first kappa shape index (κ1) is 14.5. The van der Waals surface area contributed by atoms with E-state index in [9.17, 15) is 9.59 Å². The molecule has 0 spiro atoms. The fraction of sp³-hybridized carbons (Fsp3) is 0.467. The zero-order chi connectivity index (χ0) is 14.8. The molecule has 1 unspecified atom stereocenters. The lowest BCUT2D eigenvalue weighted by molar-refractivity contribution is -0.146. The van der Waals surface area contributed by atoms with Gasteiger partial charge in [-0.2, -0.15) is 0 Å². The molecule has 0 radical (unpaired) electrons. The maximum atomic E-state index is 12.4. The summed E-state index contributed by atoms with van der Waals surface area (Å²) < 4.78 is 5.37. The maximum absolute atomic E-state index is 12.4. The molecule has 2 N–H and O–H groups in total. The Labute approximate surface area is 117 Å². The summed E-state index contributed by atoms with van der Waals surface area (Å²) >= 11 is 0. The van der Waals surface area contributed by atoms with Gasteiger partial charge in [-0.15, -0.1) is 0 Å². The highest BCUT2D eigenvalue weighted by Crippen LogP contribution is 2.45. The summed E-state index contributed by atoms with van der Waals surface area (Å²) in [5, 5.41) is 11.8. The van der Waals surface area contributed by atoms with Crippen molar-refractivity contribution >= 4 is 11.9 Å². The van der Waals surface area contributed by atoms with Gasteiger partial charge in [0.15, 0.2) is 5.60 Å². The lowest BCUT2D eigenvalue weighted by atomic mass is 9.94. The number of carbonyl (C=O) groups is 2. The van der Waals surface area contributed by atoms with E-state index >= 15 is 0 Å². The van der Waals surface area contributed by atoms with Gasteiger partial charge < -0.3 is 15.2 Å². The van der Waals surface area contributed by atoms with Crippen LogP contribution in [0.3, 0.4) is 0 Å². The normalized spacial score (nSPS) is 18.9. The van der Waals surface area contributed by atoms with E-state index in [1.807, 2.05) is 30.3 Å². The maximum Gasteiger partial charge on any atom is 0.311 e. The number of carboxylic acid groups (broad SMARTS) is 1. The summed E-state index contributed by atoms with van der Waals surface area (Å²) in [7, 11) is 1.47. The van der Waals surface area contributed by atoms with Gasteiger partial charge >= 0.3 is 5.97 Å². The molecule has 0 saturated heterocycles. The van der Waals surface area contributed by atoms with E-state index in [-0.39, 0.29) is 12.5 Å². The molecule has 1 aromatic rings. The first-order valence-electron chi connectivity index (χ1n) is 6.57. The third-order valence-electron chi connectivity index (χ3n) is 4.06. The van der Waals surface area contributed by atoms with Crippen LogP contribution in [0, 0.1) is 5.41 Å². The van der Waals surface area contributed by atoms with Crippen molar-refractivity contribution in [2.24, 2.45) is 5.41 Å². The van der Waals surface area contributed by atoms with Gasteiger partial charge in [0.2, 0.25) is 0 Å². The highest BCUT2D eigenvalue weighted by molar-refractivity contribution is 5.87. The zero-order valence-corrected chi connectivity index (χ0v) is 11.7. The number of carboxylic acids is 1. The van der Waals surface area contributed by atoms with Crippen molar-refractivity contribution in [2.75, 3.05) is 13.7 Å². The molecule has 1 atom stereocenters. The van der Waals surface area contributed by atoms with Crippen LogP contribution < -0.4 is 5.32 Å². The first-order chi connectivity index (χ1) is 9.44. The molecular weight excluding hydrogens is 258 g/mol. The average Bonchev–Trinajstić information content (AvgIpc) is 3.26. The number of benzene rings is 1. The summed E-state index contributed by atoms with van der Waals surface area (Å²) in [6.07, 6.45) is 1.22. The van der Waals surface area contributed by atoms with Crippen LogP contribution in [0.25, 0.3) is 0 Å². The van der Waals surface area contributed by atoms with Gasteiger partial charge in [-0.05, 0) is 25.3 Å². The predicted octanol–water partition coefficient (Wildman–Crippen LogP) is 1.53. The minimum atomic E-state index is -1.12. The summed E-state index contributed by atoms with van der Waals surface area (Å²) in [4.78, 5) is 23.5. The Bertz CT molecular complexity index is 510. The standard InChI is InChI=1S/C15H19NO4/c1-14(20-2,11-6-4-3-5-7-11)12(17)16-10-15(8-9-15)13(18)19/h3-7H,8-10H2,1-2H3,(H,16,17)(H,18,19). The summed E-state index contributed by atoms with van der Waals surface area (Å²) in [5.74, 6) is -1.17. The van der Waals surface area contributed by atoms with Crippen LogP contribution in [-0.4, -0.2) is 30.6 Å². The van der Waals surface area contributed by atoms with Crippen molar-refractivity contribution in [1.82, 2.24) is 5.32 Å². The van der Waals surface area contributed by atoms with Crippen LogP contribution >= 0.6 is 0 Å². The number of hydrogen-bond donors (Lipinski definition) is 2. The van der Waals surface area contributed by atoms with E-state index in [1.165, 1.54) is 7.11 Å².